The number of nitrogens with one attached hydrogen (secondary N) is 1. The lowest BCUT2D eigenvalue weighted by atomic mass is 10.0. The zero-order valence-corrected chi connectivity index (χ0v) is 21.3. The summed E-state index contributed by atoms with van der Waals surface area (Å²) in [4.78, 5) is 6.74. The predicted molar refractivity (Wildman–Crippen MR) is 134 cm³/mol. The van der Waals surface area contributed by atoms with Crippen LogP contribution in [0.15, 0.2) is 47.6 Å². The number of rotatable bonds is 12. The Balaban J connectivity index is 1.71. The molecule has 2 atom stereocenters. The lowest BCUT2D eigenvalue weighted by Gasteiger charge is -2.29. The second kappa shape index (κ2) is 11.3. The van der Waals surface area contributed by atoms with Crippen LogP contribution in [0.1, 0.15) is 52.5 Å². The van der Waals surface area contributed by atoms with Crippen molar-refractivity contribution in [3.8, 4) is 0 Å². The van der Waals surface area contributed by atoms with Crippen molar-refractivity contribution in [2.75, 3.05) is 30.5 Å². The highest BCUT2D eigenvalue weighted by atomic mass is 32.2. The molecule has 1 aromatic carbocycles. The van der Waals surface area contributed by atoms with E-state index >= 15 is 0 Å². The van der Waals surface area contributed by atoms with E-state index in [0.29, 0.717) is 30.6 Å². The van der Waals surface area contributed by atoms with Crippen molar-refractivity contribution in [3.63, 3.8) is 0 Å². The Morgan fingerprint density at radius 2 is 1.94 bits per heavy atom. The molecule has 0 bridgehead atoms. The lowest BCUT2D eigenvalue weighted by Crippen LogP contribution is -2.41. The van der Waals surface area contributed by atoms with Crippen LogP contribution in [0.25, 0.3) is 0 Å². The number of hydrogen-bond acceptors (Lipinski definition) is 6. The van der Waals surface area contributed by atoms with E-state index in [1.165, 1.54) is 4.31 Å². The third-order valence-electron chi connectivity index (χ3n) is 6.10. The number of unbranched alkanes of at least 4 members (excludes halogenated alkanes) is 1. The van der Waals surface area contributed by atoms with E-state index in [1.807, 2.05) is 24.4 Å². The zero-order valence-electron chi connectivity index (χ0n) is 20.5. The Morgan fingerprint density at radius 1 is 1.21 bits per heavy atom. The molecular formula is C25H38N4O3S. The lowest BCUT2D eigenvalue weighted by molar-refractivity contribution is 0.0843. The van der Waals surface area contributed by atoms with Gasteiger partial charge in [0.05, 0.1) is 35.2 Å². The standard InChI is InChI=1S/C25H38N4O3S/c1-6-7-14-32-18-22(15-19(2)3)28(5)33(30,31)23-10-8-21(9-11-23)17-29-20(4)27-24-16-26-13-12-25(24)29/h8-13,16,19-20,22,27H,6-7,14-15,17-18H2,1-5H3/t20?,22-/m0/s1. The molecule has 1 aliphatic heterocycles. The van der Waals surface area contributed by atoms with Crippen LogP contribution >= 0.6 is 0 Å². The first-order chi connectivity index (χ1) is 15.7. The Hall–Kier alpha value is -2.16. The first kappa shape index (κ1) is 25.5. The average Bonchev–Trinajstić information content (AvgIpc) is 3.10. The molecule has 33 heavy (non-hydrogen) atoms. The van der Waals surface area contributed by atoms with E-state index < -0.39 is 10.0 Å². The van der Waals surface area contributed by atoms with Gasteiger partial charge in [-0.2, -0.15) is 4.31 Å². The summed E-state index contributed by atoms with van der Waals surface area (Å²) < 4.78 is 34.0. The van der Waals surface area contributed by atoms with Crippen LogP contribution < -0.4 is 10.2 Å². The molecule has 1 aromatic heterocycles. The summed E-state index contributed by atoms with van der Waals surface area (Å²) >= 11 is 0. The Kier molecular flexibility index (Phi) is 8.73. The van der Waals surface area contributed by atoms with Crippen LogP contribution in [0.4, 0.5) is 11.4 Å². The maximum Gasteiger partial charge on any atom is 0.243 e. The smallest absolute Gasteiger partial charge is 0.243 e. The fourth-order valence-electron chi connectivity index (χ4n) is 4.14. The number of likely N-dealkylation sites (N-methyl/N-ethyl adjacent to an activating group) is 1. The third kappa shape index (κ3) is 6.25. The van der Waals surface area contributed by atoms with Gasteiger partial charge < -0.3 is 15.0 Å². The average molecular weight is 475 g/mol. The number of fused-ring (bicyclic) bond motifs is 1. The fourth-order valence-corrected chi connectivity index (χ4v) is 5.49. The number of sulfonamides is 1. The van der Waals surface area contributed by atoms with Gasteiger partial charge in [-0.3, -0.25) is 4.98 Å². The van der Waals surface area contributed by atoms with Gasteiger partial charge in [0.1, 0.15) is 0 Å². The number of nitrogens with zero attached hydrogens (tertiary/aromatic N) is 3. The van der Waals surface area contributed by atoms with Crippen LogP contribution in [-0.2, 0) is 21.3 Å². The summed E-state index contributed by atoms with van der Waals surface area (Å²) in [6.45, 7) is 10.2. The van der Waals surface area contributed by atoms with Gasteiger partial charge in [-0.25, -0.2) is 8.42 Å². The van der Waals surface area contributed by atoms with Crippen LogP contribution in [0, 0.1) is 5.92 Å². The molecule has 1 unspecified atom stereocenters. The molecule has 0 spiro atoms. The fraction of sp³-hybridized carbons (Fsp3) is 0.560. The maximum absolute atomic E-state index is 13.4. The highest BCUT2D eigenvalue weighted by Gasteiger charge is 2.29. The molecule has 0 amide bonds. The second-order valence-corrected chi connectivity index (χ2v) is 11.2. The maximum atomic E-state index is 13.4. The Morgan fingerprint density at radius 3 is 2.61 bits per heavy atom. The zero-order chi connectivity index (χ0) is 24.0. The molecule has 1 N–H and O–H groups in total. The van der Waals surface area contributed by atoms with E-state index in [9.17, 15) is 8.42 Å². The molecule has 2 aromatic rings. The number of pyridine rings is 1. The Labute approximate surface area is 199 Å². The van der Waals surface area contributed by atoms with E-state index in [-0.39, 0.29) is 12.2 Å². The van der Waals surface area contributed by atoms with Gasteiger partial charge in [0.15, 0.2) is 0 Å². The highest BCUT2D eigenvalue weighted by Crippen LogP contribution is 2.34. The van der Waals surface area contributed by atoms with Gasteiger partial charge in [0.2, 0.25) is 10.0 Å². The second-order valence-electron chi connectivity index (χ2n) is 9.22. The molecule has 8 heteroatoms. The quantitative estimate of drug-likeness (QED) is 0.449. The molecule has 0 saturated heterocycles. The van der Waals surface area contributed by atoms with Gasteiger partial charge >= 0.3 is 0 Å². The van der Waals surface area contributed by atoms with Crippen molar-refractivity contribution < 1.29 is 13.2 Å². The largest absolute Gasteiger partial charge is 0.380 e. The molecule has 2 heterocycles. The number of aromatic nitrogens is 1. The summed E-state index contributed by atoms with van der Waals surface area (Å²) in [5.41, 5.74) is 3.17. The van der Waals surface area contributed by atoms with Crippen LogP contribution in [0.3, 0.4) is 0 Å². The molecule has 7 nitrogen and oxygen atoms in total. The van der Waals surface area contributed by atoms with Crippen molar-refractivity contribution in [2.45, 2.75) is 70.6 Å². The minimum atomic E-state index is -3.61. The van der Waals surface area contributed by atoms with Crippen LogP contribution in [0.5, 0.6) is 0 Å². The van der Waals surface area contributed by atoms with Gasteiger partial charge in [-0.15, -0.1) is 0 Å². The summed E-state index contributed by atoms with van der Waals surface area (Å²) in [6.07, 6.45) is 6.56. The number of ether oxygens (including phenoxy) is 1. The van der Waals surface area contributed by atoms with Gasteiger partial charge in [-0.1, -0.05) is 39.3 Å². The minimum absolute atomic E-state index is 0.142. The minimum Gasteiger partial charge on any atom is -0.380 e. The molecule has 182 valence electrons. The SMILES string of the molecule is CCCCOC[C@H](CC(C)C)N(C)S(=O)(=O)c1ccc(CN2c3ccncc3NC2C)cc1. The molecule has 0 radical (unpaired) electrons. The van der Waals surface area contributed by atoms with E-state index in [4.69, 9.17) is 4.74 Å². The summed E-state index contributed by atoms with van der Waals surface area (Å²) in [6, 6.07) is 9.05. The number of benzene rings is 1. The molecule has 0 fully saturated rings. The third-order valence-corrected chi connectivity index (χ3v) is 8.03. The monoisotopic (exact) mass is 474 g/mol. The first-order valence-electron chi connectivity index (χ1n) is 11.9. The van der Waals surface area contributed by atoms with Crippen molar-refractivity contribution >= 4 is 21.4 Å². The van der Waals surface area contributed by atoms with Crippen LogP contribution in [0.2, 0.25) is 0 Å². The highest BCUT2D eigenvalue weighted by molar-refractivity contribution is 7.89. The summed E-state index contributed by atoms with van der Waals surface area (Å²) in [7, 11) is -1.94. The van der Waals surface area contributed by atoms with E-state index in [2.05, 4.69) is 42.9 Å². The van der Waals surface area contributed by atoms with Crippen molar-refractivity contribution in [2.24, 2.45) is 5.92 Å². The Bertz CT molecular complexity index is 995. The van der Waals surface area contributed by atoms with Crippen LogP contribution in [-0.4, -0.2) is 50.2 Å². The molecular weight excluding hydrogens is 436 g/mol. The van der Waals surface area contributed by atoms with Gasteiger partial charge in [0.25, 0.3) is 0 Å². The van der Waals surface area contributed by atoms with Crippen molar-refractivity contribution in [1.29, 1.82) is 0 Å². The summed E-state index contributed by atoms with van der Waals surface area (Å²) in [5.74, 6) is 0.374. The van der Waals surface area contributed by atoms with Crippen molar-refractivity contribution in [3.05, 3.63) is 48.3 Å². The topological polar surface area (TPSA) is 74.8 Å². The summed E-state index contributed by atoms with van der Waals surface area (Å²) in [5, 5.41) is 3.42. The molecule has 0 aliphatic carbocycles. The van der Waals surface area contributed by atoms with E-state index in [1.54, 1.807) is 25.4 Å². The van der Waals surface area contributed by atoms with Crippen molar-refractivity contribution in [1.82, 2.24) is 9.29 Å². The van der Waals surface area contributed by atoms with E-state index in [0.717, 1.165) is 36.2 Å². The molecule has 1 aliphatic rings. The van der Waals surface area contributed by atoms with Gasteiger partial charge in [0, 0.05) is 32.4 Å². The first-order valence-corrected chi connectivity index (χ1v) is 13.3. The predicted octanol–water partition coefficient (Wildman–Crippen LogP) is 4.71. The number of anilines is 2. The number of hydrogen-bond donors (Lipinski definition) is 1. The molecule has 0 saturated carbocycles. The molecule has 3 rings (SSSR count). The van der Waals surface area contributed by atoms with Gasteiger partial charge in [-0.05, 0) is 49.4 Å². The normalized spacial score (nSPS) is 16.8.